The van der Waals surface area contributed by atoms with Crippen molar-refractivity contribution in [2.24, 2.45) is 0 Å². The molecule has 1 fully saturated rings. The lowest BCUT2D eigenvalue weighted by Gasteiger charge is -2.16. The molecule has 6 nitrogen and oxygen atoms in total. The van der Waals surface area contributed by atoms with E-state index >= 15 is 0 Å². The second-order valence-corrected chi connectivity index (χ2v) is 11.4. The lowest BCUT2D eigenvalue weighted by Crippen LogP contribution is -2.30. The minimum Gasteiger partial charge on any atom is -0.376 e. The number of nitrogens with zero attached hydrogens (tertiary/aromatic N) is 2. The molecule has 3 heterocycles. The van der Waals surface area contributed by atoms with E-state index in [2.05, 4.69) is 11.4 Å². The Kier molecular flexibility index (Phi) is 7.52. The molecule has 1 saturated heterocycles. The van der Waals surface area contributed by atoms with Crippen LogP contribution in [0.3, 0.4) is 0 Å². The first kappa shape index (κ1) is 23.1. The maximum absolute atomic E-state index is 13.6. The highest BCUT2D eigenvalue weighted by Gasteiger charge is 2.25. The molecule has 2 aliphatic carbocycles. The van der Waals surface area contributed by atoms with Crippen LogP contribution in [0.15, 0.2) is 21.6 Å². The standard InChI is InChI=1S/C25H33N3O3S2/c29-21(26-13-12-17-7-2-1-3-8-17)16-32-25-27-23-22(19-10-4-5-11-20(19)33-23)24(30)28(25)15-18-9-6-14-31-18/h7,18H,1-6,8-16H2,(H,26,29). The molecule has 0 aromatic carbocycles. The summed E-state index contributed by atoms with van der Waals surface area (Å²) in [5, 5.41) is 4.50. The third-order valence-corrected chi connectivity index (χ3v) is 9.10. The number of aromatic nitrogens is 2. The number of hydrogen-bond acceptors (Lipinski definition) is 6. The highest BCUT2D eigenvalue weighted by atomic mass is 32.2. The Bertz CT molecular complexity index is 1100. The zero-order chi connectivity index (χ0) is 22.6. The number of fused-ring (bicyclic) bond motifs is 3. The van der Waals surface area contributed by atoms with E-state index in [1.54, 1.807) is 15.9 Å². The summed E-state index contributed by atoms with van der Waals surface area (Å²) >= 11 is 3.04. The van der Waals surface area contributed by atoms with Crippen molar-refractivity contribution in [1.29, 1.82) is 0 Å². The SMILES string of the molecule is O=C(CSc1nc2sc3c(c2c(=O)n1CC1CCCO1)CCCC3)NCCC1=CCCCC1. The molecule has 1 amide bonds. The van der Waals surface area contributed by atoms with Crippen LogP contribution in [0.2, 0.25) is 0 Å². The maximum Gasteiger partial charge on any atom is 0.263 e. The quantitative estimate of drug-likeness (QED) is 0.334. The van der Waals surface area contributed by atoms with E-state index in [4.69, 9.17) is 9.72 Å². The molecule has 0 bridgehead atoms. The van der Waals surface area contributed by atoms with Gasteiger partial charge in [0.15, 0.2) is 5.16 Å². The molecular formula is C25H33N3O3S2. The van der Waals surface area contributed by atoms with Crippen LogP contribution >= 0.6 is 23.1 Å². The molecule has 0 spiro atoms. The Morgan fingerprint density at radius 1 is 1.21 bits per heavy atom. The topological polar surface area (TPSA) is 73.2 Å². The maximum atomic E-state index is 13.6. The molecule has 0 saturated carbocycles. The van der Waals surface area contributed by atoms with Crippen molar-refractivity contribution in [2.75, 3.05) is 18.9 Å². The van der Waals surface area contributed by atoms with Gasteiger partial charge < -0.3 is 10.1 Å². The van der Waals surface area contributed by atoms with Crippen LogP contribution in [0.1, 0.15) is 68.2 Å². The van der Waals surface area contributed by atoms with Gasteiger partial charge in [-0.3, -0.25) is 14.2 Å². The Hall–Kier alpha value is -1.64. The number of aryl methyl sites for hydroxylation is 2. The van der Waals surface area contributed by atoms with Crippen LogP contribution in [-0.4, -0.2) is 40.5 Å². The van der Waals surface area contributed by atoms with Crippen molar-refractivity contribution >= 4 is 39.2 Å². The first-order valence-corrected chi connectivity index (χ1v) is 14.2. The fraction of sp³-hybridized carbons (Fsp3) is 0.640. The Morgan fingerprint density at radius 2 is 2.09 bits per heavy atom. The average Bonchev–Trinajstić information content (AvgIpc) is 3.48. The van der Waals surface area contributed by atoms with Crippen molar-refractivity contribution < 1.29 is 9.53 Å². The zero-order valence-electron chi connectivity index (χ0n) is 19.2. The predicted molar refractivity (Wildman–Crippen MR) is 134 cm³/mol. The lowest BCUT2D eigenvalue weighted by molar-refractivity contribution is -0.118. The van der Waals surface area contributed by atoms with Gasteiger partial charge in [-0.15, -0.1) is 11.3 Å². The zero-order valence-corrected chi connectivity index (χ0v) is 20.8. The smallest absolute Gasteiger partial charge is 0.263 e. The number of thiophene rings is 1. The van der Waals surface area contributed by atoms with Crippen LogP contribution in [0.25, 0.3) is 10.2 Å². The van der Waals surface area contributed by atoms with E-state index in [0.717, 1.165) is 61.8 Å². The minimum absolute atomic E-state index is 0.0000965. The molecule has 0 radical (unpaired) electrons. The van der Waals surface area contributed by atoms with E-state index in [-0.39, 0.29) is 23.3 Å². The van der Waals surface area contributed by atoms with Gasteiger partial charge in [-0.05, 0) is 76.2 Å². The number of nitrogens with one attached hydrogen (secondary N) is 1. The second kappa shape index (κ2) is 10.7. The molecule has 178 valence electrons. The van der Waals surface area contributed by atoms with E-state index < -0.39 is 0 Å². The van der Waals surface area contributed by atoms with Crippen molar-refractivity contribution in [3.8, 4) is 0 Å². The highest BCUT2D eigenvalue weighted by Crippen LogP contribution is 2.35. The number of ether oxygens (including phenoxy) is 1. The Balaban J connectivity index is 1.31. The van der Waals surface area contributed by atoms with Crippen molar-refractivity contribution in [1.82, 2.24) is 14.9 Å². The predicted octanol–water partition coefficient (Wildman–Crippen LogP) is 4.61. The number of thioether (sulfide) groups is 1. The molecule has 3 aliphatic rings. The molecule has 1 N–H and O–H groups in total. The molecule has 1 unspecified atom stereocenters. The minimum atomic E-state index is -0.0000965. The summed E-state index contributed by atoms with van der Waals surface area (Å²) in [7, 11) is 0. The van der Waals surface area contributed by atoms with Gasteiger partial charge in [0.25, 0.3) is 5.56 Å². The first-order chi connectivity index (χ1) is 16.2. The largest absolute Gasteiger partial charge is 0.376 e. The van der Waals surface area contributed by atoms with Gasteiger partial charge in [0.05, 0.1) is 23.8 Å². The van der Waals surface area contributed by atoms with E-state index in [1.165, 1.54) is 53.5 Å². The number of carbonyl (C=O) groups excluding carboxylic acids is 1. The third kappa shape index (κ3) is 5.38. The number of hydrogen-bond donors (Lipinski definition) is 1. The average molecular weight is 488 g/mol. The summed E-state index contributed by atoms with van der Waals surface area (Å²) in [4.78, 5) is 33.2. The Morgan fingerprint density at radius 3 is 2.91 bits per heavy atom. The normalized spacial score (nSPS) is 20.6. The fourth-order valence-electron chi connectivity index (χ4n) is 5.16. The summed E-state index contributed by atoms with van der Waals surface area (Å²) in [5.41, 5.74) is 2.72. The van der Waals surface area contributed by atoms with E-state index in [1.807, 2.05) is 0 Å². The first-order valence-electron chi connectivity index (χ1n) is 12.4. The Labute approximate surface area is 203 Å². The van der Waals surface area contributed by atoms with Gasteiger partial charge in [-0.1, -0.05) is 23.4 Å². The lowest BCUT2D eigenvalue weighted by atomic mass is 9.97. The van der Waals surface area contributed by atoms with Crippen molar-refractivity contribution in [3.05, 3.63) is 32.4 Å². The molecule has 8 heteroatoms. The molecule has 2 aromatic rings. The fourth-order valence-corrected chi connectivity index (χ4v) is 7.30. The number of amides is 1. The van der Waals surface area contributed by atoms with Gasteiger partial charge in [0.1, 0.15) is 4.83 Å². The summed E-state index contributed by atoms with van der Waals surface area (Å²) in [6.07, 6.45) is 14.5. The monoisotopic (exact) mass is 487 g/mol. The molecule has 33 heavy (non-hydrogen) atoms. The molecule has 1 atom stereocenters. The molecule has 2 aromatic heterocycles. The number of carbonyl (C=O) groups is 1. The van der Waals surface area contributed by atoms with Gasteiger partial charge >= 0.3 is 0 Å². The van der Waals surface area contributed by atoms with Crippen LogP contribution in [0, 0.1) is 0 Å². The highest BCUT2D eigenvalue weighted by molar-refractivity contribution is 7.99. The third-order valence-electron chi connectivity index (χ3n) is 6.94. The summed E-state index contributed by atoms with van der Waals surface area (Å²) < 4.78 is 7.61. The van der Waals surface area contributed by atoms with Crippen molar-refractivity contribution in [3.63, 3.8) is 0 Å². The van der Waals surface area contributed by atoms with Crippen molar-refractivity contribution in [2.45, 2.75) is 88.4 Å². The van der Waals surface area contributed by atoms with Crippen LogP contribution in [0.5, 0.6) is 0 Å². The molecular weight excluding hydrogens is 454 g/mol. The molecule has 1 aliphatic heterocycles. The van der Waals surface area contributed by atoms with Gasteiger partial charge in [0, 0.05) is 18.0 Å². The summed E-state index contributed by atoms with van der Waals surface area (Å²) in [6.45, 7) is 1.95. The van der Waals surface area contributed by atoms with Crippen LogP contribution < -0.4 is 10.9 Å². The van der Waals surface area contributed by atoms with Gasteiger partial charge in [-0.25, -0.2) is 4.98 Å². The van der Waals surface area contributed by atoms with E-state index in [0.29, 0.717) is 18.2 Å². The number of rotatable bonds is 8. The van der Waals surface area contributed by atoms with Crippen LogP contribution in [0.4, 0.5) is 0 Å². The summed E-state index contributed by atoms with van der Waals surface area (Å²) in [5.74, 6) is 0.271. The second-order valence-electron chi connectivity index (χ2n) is 9.33. The summed E-state index contributed by atoms with van der Waals surface area (Å²) in [6, 6.07) is 0. The number of allylic oxidation sites excluding steroid dienone is 1. The van der Waals surface area contributed by atoms with Gasteiger partial charge in [0.2, 0.25) is 5.91 Å². The van der Waals surface area contributed by atoms with Gasteiger partial charge in [-0.2, -0.15) is 0 Å². The van der Waals surface area contributed by atoms with Crippen LogP contribution in [-0.2, 0) is 28.9 Å². The van der Waals surface area contributed by atoms with E-state index in [9.17, 15) is 9.59 Å². The molecule has 5 rings (SSSR count).